The monoisotopic (exact) mass is 919 g/mol. The van der Waals surface area contributed by atoms with Crippen LogP contribution in [0.4, 0.5) is 0 Å². The molecule has 0 bridgehead atoms. The highest BCUT2D eigenvalue weighted by Gasteiger charge is 2.36. The molecule has 0 amide bonds. The van der Waals surface area contributed by atoms with Crippen molar-refractivity contribution in [3.8, 4) is 56.4 Å². The van der Waals surface area contributed by atoms with Crippen LogP contribution in [0.2, 0.25) is 0 Å². The number of rotatable bonds is 10. The Bertz CT molecular complexity index is 3510. The molecule has 0 spiro atoms. The molecule has 12 rings (SSSR count). The van der Waals surface area contributed by atoms with Crippen molar-refractivity contribution in [1.82, 2.24) is 15.0 Å². The summed E-state index contributed by atoms with van der Waals surface area (Å²) in [6, 6.07) is 84.8. The van der Waals surface area contributed by atoms with Crippen LogP contribution in [0.5, 0.6) is 0 Å². The van der Waals surface area contributed by atoms with Crippen LogP contribution in [-0.2, 0) is 9.98 Å². The minimum absolute atomic E-state index is 0.107. The van der Waals surface area contributed by atoms with Crippen LogP contribution in [0.3, 0.4) is 0 Å². The predicted molar refractivity (Wildman–Crippen MR) is 292 cm³/mol. The number of fused-ring (bicyclic) bond motifs is 2. The minimum Gasteiger partial charge on any atom is -0.309 e. The molecule has 10 aromatic carbocycles. The number of aromatic nitrogens is 3. The van der Waals surface area contributed by atoms with E-state index in [0.29, 0.717) is 17.5 Å². The van der Waals surface area contributed by atoms with E-state index in [0.717, 1.165) is 51.0 Å². The molecule has 11 aromatic rings. The Morgan fingerprint density at radius 1 is 0.300 bits per heavy atom. The van der Waals surface area contributed by atoms with Crippen molar-refractivity contribution in [1.29, 1.82) is 0 Å². The number of benzene rings is 10. The first-order valence-corrected chi connectivity index (χ1v) is 26.1. The summed E-state index contributed by atoms with van der Waals surface area (Å²) in [7, 11) is -3.12. The molecule has 70 heavy (non-hydrogen) atoms. The van der Waals surface area contributed by atoms with Gasteiger partial charge in [-0.15, -0.1) is 0 Å². The standard InChI is InChI=1S/C65H50N3OP/c69-70(53-24-10-3-11-25-53,54-26-12-4-13-27-54)55-42-36-47(37-43-55)61-58-30-16-14-28-56(58)60(57-29-15-17-31-59(57)61)46-32-38-51(39-33-46)65(44-18-5-19-45-65)52-40-34-50(35-41-52)64-67-62(48-20-6-1-7-21-48)66-63(68-64)49-22-8-2-9-23-49/h1-4,6-17,20-43H,5,18-19,44-45H2. The second kappa shape index (κ2) is 18.5. The molecule has 1 aromatic heterocycles. The lowest BCUT2D eigenvalue weighted by atomic mass is 9.65. The molecular formula is C65H50N3OP. The van der Waals surface area contributed by atoms with Gasteiger partial charge in [-0.3, -0.25) is 0 Å². The smallest absolute Gasteiger partial charge is 0.171 e. The first-order valence-electron chi connectivity index (χ1n) is 24.4. The van der Waals surface area contributed by atoms with E-state index in [1.165, 1.54) is 68.6 Å². The summed E-state index contributed by atoms with van der Waals surface area (Å²) in [5.41, 5.74) is 10.2. The average Bonchev–Trinajstić information content (AvgIpc) is 3.45. The van der Waals surface area contributed by atoms with Gasteiger partial charge in [-0.1, -0.05) is 262 Å². The van der Waals surface area contributed by atoms with E-state index in [2.05, 4.69) is 146 Å². The van der Waals surface area contributed by atoms with E-state index in [-0.39, 0.29) is 5.41 Å². The van der Waals surface area contributed by atoms with Crippen molar-refractivity contribution in [2.45, 2.75) is 37.5 Å². The first-order chi connectivity index (χ1) is 34.6. The fraction of sp³-hybridized carbons (Fsp3) is 0.0923. The van der Waals surface area contributed by atoms with Gasteiger partial charge >= 0.3 is 0 Å². The van der Waals surface area contributed by atoms with E-state index < -0.39 is 7.14 Å². The zero-order valence-corrected chi connectivity index (χ0v) is 39.7. The van der Waals surface area contributed by atoms with Crippen molar-refractivity contribution in [3.63, 3.8) is 0 Å². The summed E-state index contributed by atoms with van der Waals surface area (Å²) in [6.07, 6.45) is 5.81. The Balaban J connectivity index is 0.912. The van der Waals surface area contributed by atoms with Crippen molar-refractivity contribution in [2.75, 3.05) is 0 Å². The van der Waals surface area contributed by atoms with Crippen LogP contribution in [0.1, 0.15) is 43.2 Å². The van der Waals surface area contributed by atoms with Crippen LogP contribution in [0.15, 0.2) is 243 Å². The zero-order chi connectivity index (χ0) is 46.9. The third-order valence-corrected chi connectivity index (χ3v) is 17.6. The van der Waals surface area contributed by atoms with E-state index in [1.54, 1.807) is 0 Å². The third kappa shape index (κ3) is 7.75. The van der Waals surface area contributed by atoms with Crippen LogP contribution >= 0.6 is 7.14 Å². The molecule has 0 unspecified atom stereocenters. The van der Waals surface area contributed by atoms with Gasteiger partial charge in [-0.25, -0.2) is 15.0 Å². The minimum atomic E-state index is -3.12. The summed E-state index contributed by atoms with van der Waals surface area (Å²) >= 11 is 0. The second-order valence-electron chi connectivity index (χ2n) is 18.5. The molecular weight excluding hydrogens is 870 g/mol. The van der Waals surface area contributed by atoms with E-state index in [1.807, 2.05) is 97.1 Å². The first kappa shape index (κ1) is 43.3. The fourth-order valence-corrected chi connectivity index (χ4v) is 13.7. The van der Waals surface area contributed by atoms with Gasteiger partial charge in [0.1, 0.15) is 0 Å². The maximum absolute atomic E-state index is 15.3. The van der Waals surface area contributed by atoms with E-state index in [9.17, 15) is 0 Å². The third-order valence-electron chi connectivity index (χ3n) is 14.5. The molecule has 1 fully saturated rings. The lowest BCUT2D eigenvalue weighted by Gasteiger charge is -2.39. The Hall–Kier alpha value is -8.04. The van der Waals surface area contributed by atoms with Crippen molar-refractivity contribution in [2.24, 2.45) is 0 Å². The number of nitrogens with zero attached hydrogens (tertiary/aromatic N) is 3. The van der Waals surface area contributed by atoms with Gasteiger partial charge in [0.15, 0.2) is 24.6 Å². The molecule has 5 heteroatoms. The summed E-state index contributed by atoms with van der Waals surface area (Å²) in [5.74, 6) is 2.00. The highest BCUT2D eigenvalue weighted by molar-refractivity contribution is 7.85. The number of hydrogen-bond donors (Lipinski definition) is 0. The molecule has 1 heterocycles. The molecule has 1 saturated carbocycles. The van der Waals surface area contributed by atoms with E-state index in [4.69, 9.17) is 15.0 Å². The van der Waals surface area contributed by atoms with Crippen molar-refractivity contribution < 1.29 is 4.57 Å². The molecule has 0 aliphatic heterocycles. The zero-order valence-electron chi connectivity index (χ0n) is 38.8. The van der Waals surface area contributed by atoms with Gasteiger partial charge in [0.25, 0.3) is 0 Å². The second-order valence-corrected chi connectivity index (χ2v) is 21.3. The van der Waals surface area contributed by atoms with E-state index >= 15 is 4.57 Å². The lowest BCUT2D eigenvalue weighted by Crippen LogP contribution is -2.30. The van der Waals surface area contributed by atoms with Crippen LogP contribution in [-0.4, -0.2) is 15.0 Å². The lowest BCUT2D eigenvalue weighted by molar-refractivity contribution is 0.346. The highest BCUT2D eigenvalue weighted by atomic mass is 31.2. The molecule has 4 nitrogen and oxygen atoms in total. The van der Waals surface area contributed by atoms with Gasteiger partial charge in [0.05, 0.1) is 0 Å². The molecule has 336 valence electrons. The predicted octanol–water partition coefficient (Wildman–Crippen LogP) is 15.4. The van der Waals surface area contributed by atoms with Gasteiger partial charge in [-0.2, -0.15) is 0 Å². The fourth-order valence-electron chi connectivity index (χ4n) is 11.0. The van der Waals surface area contributed by atoms with Gasteiger partial charge in [0.2, 0.25) is 0 Å². The topological polar surface area (TPSA) is 55.7 Å². The average molecular weight is 920 g/mol. The highest BCUT2D eigenvalue weighted by Crippen LogP contribution is 2.48. The van der Waals surface area contributed by atoms with Crippen molar-refractivity contribution in [3.05, 3.63) is 254 Å². The quantitative estimate of drug-likeness (QED) is 0.101. The van der Waals surface area contributed by atoms with Crippen LogP contribution in [0.25, 0.3) is 78.0 Å². The Kier molecular flexibility index (Phi) is 11.4. The molecule has 0 radical (unpaired) electrons. The Morgan fingerprint density at radius 3 is 0.986 bits per heavy atom. The SMILES string of the molecule is O=P(c1ccccc1)(c1ccccc1)c1ccc(-c2c3ccccc3c(-c3ccc(C4(c5ccc(-c6nc(-c7ccccc7)nc(-c7ccccc7)n6)cc5)CCCCC4)cc3)c3ccccc23)cc1. The largest absolute Gasteiger partial charge is 0.309 e. The van der Waals surface area contributed by atoms with Gasteiger partial charge in [0, 0.05) is 38.0 Å². The van der Waals surface area contributed by atoms with Crippen LogP contribution < -0.4 is 15.9 Å². The summed E-state index contributed by atoms with van der Waals surface area (Å²) in [6.45, 7) is 0. The molecule has 0 saturated heterocycles. The molecule has 0 atom stereocenters. The summed E-state index contributed by atoms with van der Waals surface area (Å²) in [5, 5.41) is 7.29. The summed E-state index contributed by atoms with van der Waals surface area (Å²) in [4.78, 5) is 15.0. The maximum Gasteiger partial charge on any atom is 0.171 e. The Morgan fingerprint density at radius 2 is 0.600 bits per heavy atom. The van der Waals surface area contributed by atoms with Gasteiger partial charge in [-0.05, 0) is 67.8 Å². The van der Waals surface area contributed by atoms with Crippen molar-refractivity contribution >= 4 is 44.6 Å². The normalized spacial score (nSPS) is 13.6. The van der Waals surface area contributed by atoms with Gasteiger partial charge < -0.3 is 4.57 Å². The van der Waals surface area contributed by atoms with Crippen LogP contribution in [0, 0.1) is 0 Å². The molecule has 1 aliphatic rings. The maximum atomic E-state index is 15.3. The summed E-state index contributed by atoms with van der Waals surface area (Å²) < 4.78 is 15.3. The Labute approximate surface area is 409 Å². The number of hydrogen-bond acceptors (Lipinski definition) is 4. The molecule has 1 aliphatic carbocycles. The molecule has 0 N–H and O–H groups in total.